The van der Waals surface area contributed by atoms with Gasteiger partial charge < -0.3 is 25.3 Å². The third-order valence-corrected chi connectivity index (χ3v) is 12.2. The molecule has 5 heterocycles. The maximum atomic E-state index is 14.6. The van der Waals surface area contributed by atoms with Crippen LogP contribution in [0.3, 0.4) is 0 Å². The highest BCUT2D eigenvalue weighted by Crippen LogP contribution is 2.40. The molecule has 4 N–H and O–H groups in total. The fraction of sp³-hybridized carbons (Fsp3) is 0.478. The van der Waals surface area contributed by atoms with Crippen molar-refractivity contribution in [1.29, 1.82) is 5.41 Å². The lowest BCUT2D eigenvalue weighted by Gasteiger charge is -2.39. The van der Waals surface area contributed by atoms with Crippen LogP contribution in [0, 0.1) is 5.41 Å². The van der Waals surface area contributed by atoms with Crippen LogP contribution in [0.25, 0.3) is 11.1 Å². The number of amides is 6. The van der Waals surface area contributed by atoms with E-state index in [-0.39, 0.29) is 66.3 Å². The largest absolute Gasteiger partial charge is 0.385 e. The van der Waals surface area contributed by atoms with Crippen molar-refractivity contribution < 1.29 is 37.5 Å². The molecule has 0 saturated carbocycles. The van der Waals surface area contributed by atoms with Gasteiger partial charge in [0.15, 0.2) is 0 Å². The van der Waals surface area contributed by atoms with Crippen molar-refractivity contribution in [3.63, 3.8) is 0 Å². The fourth-order valence-electron chi connectivity index (χ4n) is 8.88. The molecule has 64 heavy (non-hydrogen) atoms. The number of aryl methyl sites for hydroxylation is 2. The second-order valence-corrected chi connectivity index (χ2v) is 16.5. The number of halogens is 2. The van der Waals surface area contributed by atoms with Gasteiger partial charge in [0.25, 0.3) is 18.2 Å². The minimum Gasteiger partial charge on any atom is -0.385 e. The van der Waals surface area contributed by atoms with Crippen LogP contribution in [-0.4, -0.2) is 118 Å². The Kier molecular flexibility index (Phi) is 15.6. The van der Waals surface area contributed by atoms with Gasteiger partial charge in [0.1, 0.15) is 17.6 Å². The molecule has 4 aliphatic heterocycles. The maximum Gasteiger partial charge on any atom is 0.278 e. The average molecular weight is 885 g/mol. The topological polar surface area (TPSA) is 193 Å². The highest BCUT2D eigenvalue weighted by atomic mass is 19.3. The molecule has 0 aliphatic carbocycles. The molecule has 1 fully saturated rings. The van der Waals surface area contributed by atoms with Gasteiger partial charge >= 0.3 is 0 Å². The van der Waals surface area contributed by atoms with Gasteiger partial charge in [-0.3, -0.25) is 49.1 Å². The van der Waals surface area contributed by atoms with Crippen LogP contribution < -0.4 is 20.9 Å². The van der Waals surface area contributed by atoms with E-state index in [1.807, 2.05) is 4.90 Å². The van der Waals surface area contributed by atoms with Crippen molar-refractivity contribution in [3.05, 3.63) is 83.0 Å². The number of nitrogens with zero attached hydrogens (tertiary/aromatic N) is 6. The predicted molar refractivity (Wildman–Crippen MR) is 237 cm³/mol. The summed E-state index contributed by atoms with van der Waals surface area (Å²) < 4.78 is 30.7. The number of hydrogen-bond donors (Lipinski definition) is 4. The lowest BCUT2D eigenvalue weighted by Crippen LogP contribution is -2.50. The first-order valence-corrected chi connectivity index (χ1v) is 22.0. The normalized spacial score (nSPS) is 17.7. The van der Waals surface area contributed by atoms with Gasteiger partial charge in [0, 0.05) is 99.9 Å². The van der Waals surface area contributed by atoms with Crippen LogP contribution in [0.2, 0.25) is 0 Å². The Labute approximate surface area is 371 Å². The highest BCUT2D eigenvalue weighted by Gasteiger charge is 2.43. The smallest absolute Gasteiger partial charge is 0.278 e. The molecule has 18 heteroatoms. The van der Waals surface area contributed by atoms with Crippen molar-refractivity contribution in [3.8, 4) is 11.1 Å². The number of unbranched alkanes of at least 4 members (excludes halogenated alkanes) is 1. The first-order chi connectivity index (χ1) is 30.8. The molecule has 1 saturated heterocycles. The summed E-state index contributed by atoms with van der Waals surface area (Å²) in [7, 11) is 1.74. The number of amidine groups is 1. The number of piperidine rings is 1. The molecule has 1 aromatic heterocycles. The summed E-state index contributed by atoms with van der Waals surface area (Å²) >= 11 is 0. The number of hydrogen-bond acceptors (Lipinski definition) is 10. The number of rotatable bonds is 18. The predicted octanol–water partition coefficient (Wildman–Crippen LogP) is 4.41. The summed E-state index contributed by atoms with van der Waals surface area (Å²) in [5.74, 6) is -1.99. The quantitative estimate of drug-likeness (QED) is 0.0417. The summed E-state index contributed by atoms with van der Waals surface area (Å²) in [6, 6.07) is 2.17. The molecule has 0 bridgehead atoms. The molecular weight excluding hydrogens is 827 g/mol. The molecule has 1 unspecified atom stereocenters. The number of aromatic nitrogens is 2. The Bertz CT molecular complexity index is 2260. The number of imide groups is 2. The molecule has 16 nitrogen and oxygen atoms in total. The number of alkyl halides is 2. The fourth-order valence-corrected chi connectivity index (χ4v) is 8.88. The molecule has 342 valence electrons. The van der Waals surface area contributed by atoms with Crippen LogP contribution in [-0.2, 0) is 42.2 Å². The number of benzene rings is 1. The summed E-state index contributed by atoms with van der Waals surface area (Å²) in [4.78, 5) is 82.5. The lowest BCUT2D eigenvalue weighted by atomic mass is 9.92. The van der Waals surface area contributed by atoms with Crippen LogP contribution in [0.5, 0.6) is 0 Å². The molecular formula is C46H58F2N10O6. The average Bonchev–Trinajstić information content (AvgIpc) is 3.82. The highest BCUT2D eigenvalue weighted by molar-refractivity contribution is 6.22. The molecule has 0 radical (unpaired) electrons. The van der Waals surface area contributed by atoms with Crippen molar-refractivity contribution >= 4 is 47.5 Å². The van der Waals surface area contributed by atoms with E-state index >= 15 is 0 Å². The molecule has 1 atom stereocenters. The Morgan fingerprint density at radius 2 is 1.81 bits per heavy atom. The number of likely N-dealkylation sites (tertiary alicyclic amines) is 1. The second kappa shape index (κ2) is 21.3. The summed E-state index contributed by atoms with van der Waals surface area (Å²) in [6.45, 7) is 9.45. The lowest BCUT2D eigenvalue weighted by molar-refractivity contribution is -0.147. The maximum absolute atomic E-state index is 14.6. The molecule has 0 spiro atoms. The van der Waals surface area contributed by atoms with Crippen molar-refractivity contribution in [2.24, 2.45) is 7.05 Å². The monoisotopic (exact) mass is 884 g/mol. The standard InChI is InChI=1S/C46H58F2N10O6/c1-5-7-13-33-41(46(64)58(45(33)63)38(11-6-2)44(62)51-28-59)50-18-9-8-14-40(61)55-20-15-32(16-21-55)53-37-17-22-56(29(3)60)27-36(37)43(49)57-19-10-12-30-23-34(31-25-52-54(4)26-31)35(42(47)48)24-39(30)57/h5,7,13,23-26,28,32,38,42,49-50,53H,1,6,8-12,14-22,27H2,2-4H3,(H,51,59,62)/b13-7-,49-43?. The Balaban J connectivity index is 1.06. The van der Waals surface area contributed by atoms with Gasteiger partial charge in [0.05, 0.1) is 18.3 Å². The minimum atomic E-state index is -2.74. The molecule has 6 amide bonds. The molecule has 6 rings (SSSR count). The van der Waals surface area contributed by atoms with E-state index in [0.29, 0.717) is 100 Å². The van der Waals surface area contributed by atoms with Gasteiger partial charge in [0.2, 0.25) is 24.1 Å². The summed E-state index contributed by atoms with van der Waals surface area (Å²) in [6.07, 6.45) is 10.4. The van der Waals surface area contributed by atoms with E-state index in [0.717, 1.165) is 22.6 Å². The van der Waals surface area contributed by atoms with Crippen LogP contribution in [0.15, 0.2) is 71.9 Å². The van der Waals surface area contributed by atoms with Gasteiger partial charge in [-0.2, -0.15) is 5.10 Å². The van der Waals surface area contributed by atoms with E-state index in [9.17, 15) is 43.0 Å². The van der Waals surface area contributed by atoms with Gasteiger partial charge in [-0.1, -0.05) is 32.1 Å². The third kappa shape index (κ3) is 10.5. The van der Waals surface area contributed by atoms with Gasteiger partial charge in [-0.25, -0.2) is 8.78 Å². The third-order valence-electron chi connectivity index (χ3n) is 12.2. The molecule has 4 aliphatic rings. The van der Waals surface area contributed by atoms with E-state index in [2.05, 4.69) is 27.6 Å². The minimum absolute atomic E-state index is 0.00392. The van der Waals surface area contributed by atoms with E-state index in [1.165, 1.54) is 31.2 Å². The summed E-state index contributed by atoms with van der Waals surface area (Å²) in [5.41, 5.74) is 3.97. The zero-order valence-corrected chi connectivity index (χ0v) is 36.8. The Morgan fingerprint density at radius 3 is 2.47 bits per heavy atom. The van der Waals surface area contributed by atoms with Crippen LogP contribution >= 0.6 is 0 Å². The van der Waals surface area contributed by atoms with Gasteiger partial charge in [-0.05, 0) is 74.3 Å². The number of carbonyl (C=O) groups excluding carboxylic acids is 6. The first-order valence-electron chi connectivity index (χ1n) is 22.0. The number of allylic oxidation sites excluding steroid dienone is 2. The van der Waals surface area contributed by atoms with Crippen molar-refractivity contribution in [2.75, 3.05) is 44.2 Å². The van der Waals surface area contributed by atoms with E-state index in [4.69, 9.17) is 0 Å². The van der Waals surface area contributed by atoms with Crippen LogP contribution in [0.1, 0.15) is 89.2 Å². The van der Waals surface area contributed by atoms with E-state index < -0.39 is 30.2 Å². The zero-order chi connectivity index (χ0) is 46.1. The first kappa shape index (κ1) is 47.0. The van der Waals surface area contributed by atoms with Crippen molar-refractivity contribution in [1.82, 2.24) is 40.4 Å². The van der Waals surface area contributed by atoms with Gasteiger partial charge in [-0.15, -0.1) is 0 Å². The second-order valence-electron chi connectivity index (χ2n) is 16.5. The Hall–Kier alpha value is -6.46. The molecule has 1 aromatic carbocycles. The number of carbonyl (C=O) groups is 6. The number of nitrogens with one attached hydrogen (secondary N) is 4. The number of fused-ring (bicyclic) bond motifs is 1. The molecule has 2 aromatic rings. The van der Waals surface area contributed by atoms with E-state index in [1.54, 1.807) is 46.9 Å². The summed E-state index contributed by atoms with van der Waals surface area (Å²) in [5, 5.41) is 22.5. The van der Waals surface area contributed by atoms with Crippen molar-refractivity contribution in [2.45, 2.75) is 96.6 Å². The SMILES string of the molecule is C=C/C=C\C1=C(NCCCCC(=O)N2CCC(NC3=C(C(=N)N4CCCc5cc(-c6cnn(C)c6)c(C(F)F)cc54)CN(C(C)=O)CC3)CC2)C(=O)N(C(CCC)C(=O)NC=O)C1=O. The number of anilines is 1. The Morgan fingerprint density at radius 1 is 1.05 bits per heavy atom. The van der Waals surface area contributed by atoms with Crippen LogP contribution in [0.4, 0.5) is 14.5 Å². The zero-order valence-electron chi connectivity index (χ0n) is 36.8.